The topological polar surface area (TPSA) is 66.7 Å². The molecule has 0 atom stereocenters. The molecule has 6 nitrogen and oxygen atoms in total. The molecule has 0 aliphatic heterocycles. The van der Waals surface area contributed by atoms with Crippen LogP contribution in [0.25, 0.3) is 11.3 Å². The maximum atomic E-state index is 12.7. The van der Waals surface area contributed by atoms with Gasteiger partial charge in [-0.25, -0.2) is 0 Å². The van der Waals surface area contributed by atoms with Crippen molar-refractivity contribution in [2.75, 3.05) is 33.2 Å². The minimum atomic E-state index is -0.00302. The molecule has 0 fully saturated rings. The van der Waals surface area contributed by atoms with Gasteiger partial charge in [0.25, 0.3) is 5.91 Å². The fraction of sp³-hybridized carbons (Fsp3) is 0.375. The first kappa shape index (κ1) is 24.2. The summed E-state index contributed by atoms with van der Waals surface area (Å²) in [5.41, 5.74) is 2.18. The van der Waals surface area contributed by atoms with Crippen LogP contribution < -0.4 is 0 Å². The van der Waals surface area contributed by atoms with Crippen molar-refractivity contribution in [3.63, 3.8) is 0 Å². The Bertz CT molecular complexity index is 1040. The molecule has 0 aliphatic carbocycles. The number of rotatable bonds is 11. The van der Waals surface area contributed by atoms with Gasteiger partial charge in [-0.1, -0.05) is 42.7 Å². The first-order valence-electron chi connectivity index (χ1n) is 10.7. The molecule has 1 aromatic carbocycles. The van der Waals surface area contributed by atoms with Gasteiger partial charge >= 0.3 is 0 Å². The normalized spacial score (nSPS) is 11.2. The lowest BCUT2D eigenvalue weighted by molar-refractivity contribution is 0.0779. The maximum Gasteiger partial charge on any atom is 0.253 e. The number of benzene rings is 1. The summed E-state index contributed by atoms with van der Waals surface area (Å²) < 4.78 is 6.00. The number of carbonyl (C=O) groups excluding carboxylic acids is 2. The molecule has 0 saturated carbocycles. The lowest BCUT2D eigenvalue weighted by atomic mass is 10.1. The zero-order valence-corrected chi connectivity index (χ0v) is 20.2. The summed E-state index contributed by atoms with van der Waals surface area (Å²) in [5, 5.41) is 4.11. The number of amides is 1. The number of ketones is 1. The van der Waals surface area contributed by atoms with Crippen LogP contribution in [0.4, 0.5) is 0 Å². The van der Waals surface area contributed by atoms with Gasteiger partial charge in [0.15, 0.2) is 5.78 Å². The van der Waals surface area contributed by atoms with Crippen LogP contribution in [0, 0.1) is 0 Å². The smallest absolute Gasteiger partial charge is 0.253 e. The molecule has 0 unspecified atom stereocenters. The Hall–Kier alpha value is -2.48. The van der Waals surface area contributed by atoms with Crippen LogP contribution in [0.2, 0.25) is 4.34 Å². The van der Waals surface area contributed by atoms with E-state index in [-0.39, 0.29) is 11.7 Å². The fourth-order valence-electron chi connectivity index (χ4n) is 3.33. The highest BCUT2D eigenvalue weighted by molar-refractivity contribution is 7.18. The molecule has 32 heavy (non-hydrogen) atoms. The third kappa shape index (κ3) is 6.28. The van der Waals surface area contributed by atoms with Crippen LogP contribution in [-0.2, 0) is 6.42 Å². The molecule has 2 heterocycles. The molecule has 170 valence electrons. The number of aromatic nitrogens is 1. The Labute approximate surface area is 197 Å². The molecule has 2 aromatic heterocycles. The molecule has 0 spiro atoms. The summed E-state index contributed by atoms with van der Waals surface area (Å²) >= 11 is 7.17. The number of nitrogens with zero attached hydrogens (tertiary/aromatic N) is 3. The summed E-state index contributed by atoms with van der Waals surface area (Å²) in [5.74, 6) is 0.678. The van der Waals surface area contributed by atoms with Crippen molar-refractivity contribution in [2.24, 2.45) is 0 Å². The van der Waals surface area contributed by atoms with Crippen molar-refractivity contribution in [1.82, 2.24) is 15.0 Å². The number of thiophene rings is 1. The second-order valence-corrected chi connectivity index (χ2v) is 9.25. The highest BCUT2D eigenvalue weighted by Gasteiger charge is 2.15. The summed E-state index contributed by atoms with van der Waals surface area (Å²) in [4.78, 5) is 29.6. The average molecular weight is 474 g/mol. The summed E-state index contributed by atoms with van der Waals surface area (Å²) in [6, 6.07) is 12.7. The van der Waals surface area contributed by atoms with Gasteiger partial charge in [-0.15, -0.1) is 11.3 Å². The van der Waals surface area contributed by atoms with Gasteiger partial charge in [0.05, 0.1) is 9.21 Å². The molecule has 1 amide bonds. The van der Waals surface area contributed by atoms with Crippen LogP contribution in [0.1, 0.15) is 46.1 Å². The monoisotopic (exact) mass is 473 g/mol. The van der Waals surface area contributed by atoms with E-state index >= 15 is 0 Å². The van der Waals surface area contributed by atoms with Crippen molar-refractivity contribution >= 4 is 34.6 Å². The van der Waals surface area contributed by atoms with E-state index in [1.807, 2.05) is 37.4 Å². The van der Waals surface area contributed by atoms with Crippen molar-refractivity contribution in [3.8, 4) is 11.3 Å². The summed E-state index contributed by atoms with van der Waals surface area (Å²) in [7, 11) is 1.83. The third-order valence-corrected chi connectivity index (χ3v) is 6.70. The Morgan fingerprint density at radius 3 is 2.41 bits per heavy atom. The maximum absolute atomic E-state index is 12.7. The van der Waals surface area contributed by atoms with Crippen molar-refractivity contribution in [1.29, 1.82) is 0 Å². The van der Waals surface area contributed by atoms with Crippen molar-refractivity contribution < 1.29 is 14.1 Å². The molecule has 3 aromatic rings. The van der Waals surface area contributed by atoms with E-state index in [0.717, 1.165) is 25.2 Å². The standard InChI is InChI=1S/C24H28ClN3O3S/c1-4-28(5-2)15-14-27(3)24(30)18-8-6-17(7-9-18)20-16-19(31-26-20)10-11-21(29)22-12-13-23(25)32-22/h6-9,12-13,16H,4-5,10-11,14-15H2,1-3H3. The van der Waals surface area contributed by atoms with Gasteiger partial charge in [-0.05, 0) is 37.4 Å². The minimum absolute atomic E-state index is 0.00302. The Morgan fingerprint density at radius 1 is 1.06 bits per heavy atom. The Balaban J connectivity index is 1.56. The van der Waals surface area contributed by atoms with Crippen molar-refractivity contribution in [3.05, 3.63) is 63.0 Å². The molecule has 0 bridgehead atoms. The molecule has 0 N–H and O–H groups in total. The second kappa shape index (κ2) is 11.4. The first-order chi connectivity index (χ1) is 15.4. The number of aryl methyl sites for hydroxylation is 1. The van der Waals surface area contributed by atoms with Crippen LogP contribution >= 0.6 is 22.9 Å². The van der Waals surface area contributed by atoms with E-state index in [1.165, 1.54) is 11.3 Å². The largest absolute Gasteiger partial charge is 0.361 e. The minimum Gasteiger partial charge on any atom is -0.361 e. The number of hydrogen-bond acceptors (Lipinski definition) is 6. The SMILES string of the molecule is CCN(CC)CCN(C)C(=O)c1ccc(-c2cc(CCC(=O)c3ccc(Cl)s3)on2)cc1. The van der Waals surface area contributed by atoms with E-state index in [9.17, 15) is 9.59 Å². The zero-order valence-electron chi connectivity index (χ0n) is 18.6. The molecular formula is C24H28ClN3O3S. The predicted molar refractivity (Wildman–Crippen MR) is 129 cm³/mol. The molecule has 0 radical (unpaired) electrons. The number of carbonyl (C=O) groups is 2. The predicted octanol–water partition coefficient (Wildman–Crippen LogP) is 5.29. The highest BCUT2D eigenvalue weighted by Crippen LogP contribution is 2.24. The molecular weight excluding hydrogens is 446 g/mol. The lowest BCUT2D eigenvalue weighted by Gasteiger charge is -2.23. The van der Waals surface area contributed by atoms with Gasteiger partial charge in [0, 0.05) is 50.2 Å². The van der Waals surface area contributed by atoms with Gasteiger partial charge in [0.2, 0.25) is 0 Å². The van der Waals surface area contributed by atoms with E-state index in [0.29, 0.717) is 45.6 Å². The molecule has 8 heteroatoms. The summed E-state index contributed by atoms with van der Waals surface area (Å²) in [6.07, 6.45) is 0.800. The number of hydrogen-bond donors (Lipinski definition) is 0. The van der Waals surface area contributed by atoms with Gasteiger partial charge in [-0.3, -0.25) is 9.59 Å². The highest BCUT2D eigenvalue weighted by atomic mass is 35.5. The van der Waals surface area contributed by atoms with Crippen LogP contribution in [0.3, 0.4) is 0 Å². The number of halogens is 1. The molecule has 0 saturated heterocycles. The third-order valence-electron chi connectivity index (χ3n) is 5.43. The summed E-state index contributed by atoms with van der Waals surface area (Å²) in [6.45, 7) is 7.74. The molecule has 3 rings (SSSR count). The van der Waals surface area contributed by atoms with Crippen LogP contribution in [0.15, 0.2) is 47.0 Å². The quantitative estimate of drug-likeness (QED) is 0.354. The fourth-order valence-corrected chi connectivity index (χ4v) is 4.34. The van der Waals surface area contributed by atoms with E-state index < -0.39 is 0 Å². The van der Waals surface area contributed by atoms with Crippen molar-refractivity contribution in [2.45, 2.75) is 26.7 Å². The zero-order chi connectivity index (χ0) is 23.1. The van der Waals surface area contributed by atoms with Gasteiger partial charge in [0.1, 0.15) is 11.5 Å². The number of Topliss-reactive ketones (excluding diaryl/α,β-unsaturated/α-hetero) is 1. The average Bonchev–Trinajstić information content (AvgIpc) is 3.47. The first-order valence-corrected chi connectivity index (χ1v) is 11.9. The number of likely N-dealkylation sites (N-methyl/N-ethyl adjacent to an activating group) is 2. The lowest BCUT2D eigenvalue weighted by Crippen LogP contribution is -2.36. The van der Waals surface area contributed by atoms with E-state index in [4.69, 9.17) is 16.1 Å². The molecule has 0 aliphatic rings. The van der Waals surface area contributed by atoms with E-state index in [2.05, 4.69) is 23.9 Å². The van der Waals surface area contributed by atoms with Gasteiger partial charge in [-0.2, -0.15) is 0 Å². The second-order valence-electron chi connectivity index (χ2n) is 7.54. The Morgan fingerprint density at radius 2 is 1.78 bits per heavy atom. The Kier molecular flexibility index (Phi) is 8.61. The van der Waals surface area contributed by atoms with Crippen LogP contribution in [-0.4, -0.2) is 59.9 Å². The van der Waals surface area contributed by atoms with E-state index in [1.54, 1.807) is 17.0 Å². The van der Waals surface area contributed by atoms with Crippen LogP contribution in [0.5, 0.6) is 0 Å². The van der Waals surface area contributed by atoms with Gasteiger partial charge < -0.3 is 14.3 Å².